The number of aliphatic hydroxyl groups is 1. The van der Waals surface area contributed by atoms with Crippen LogP contribution in [0.3, 0.4) is 0 Å². The summed E-state index contributed by atoms with van der Waals surface area (Å²) < 4.78 is 0.564. The molecule has 0 aromatic heterocycles. The summed E-state index contributed by atoms with van der Waals surface area (Å²) in [5.74, 6) is 2.70. The van der Waals surface area contributed by atoms with Crippen LogP contribution in [0.1, 0.15) is 102 Å². The van der Waals surface area contributed by atoms with E-state index in [4.69, 9.17) is 0 Å². The van der Waals surface area contributed by atoms with E-state index in [1.807, 2.05) is 6.08 Å². The molecule has 0 spiro atoms. The zero-order chi connectivity index (χ0) is 27.2. The average molecular weight is 532 g/mol. The molecule has 1 heterocycles. The molecular weight excluding hydrogens is 484 g/mol. The number of allylic oxidation sites excluding steroid dienone is 4. The minimum atomic E-state index is 0.0329. The molecule has 5 atom stereocenters. The van der Waals surface area contributed by atoms with Gasteiger partial charge in [0.1, 0.15) is 13.1 Å². The van der Waals surface area contributed by atoms with Gasteiger partial charge in [0, 0.05) is 38.0 Å². The third kappa shape index (κ3) is 4.74. The van der Waals surface area contributed by atoms with Crippen molar-refractivity contribution in [3.8, 4) is 0 Å². The van der Waals surface area contributed by atoms with Gasteiger partial charge >= 0.3 is 0 Å². The number of rotatable bonds is 6. The molecule has 6 rings (SSSR count). The van der Waals surface area contributed by atoms with E-state index in [0.29, 0.717) is 40.5 Å². The predicted octanol–water partition coefficient (Wildman–Crippen LogP) is 6.52. The molecule has 0 unspecified atom stereocenters. The first-order chi connectivity index (χ1) is 18.8. The van der Waals surface area contributed by atoms with Gasteiger partial charge in [-0.15, -0.1) is 0 Å². The van der Waals surface area contributed by atoms with E-state index in [1.165, 1.54) is 48.1 Å². The number of fused-ring (bicyclic) bond motifs is 4. The fourth-order valence-corrected chi connectivity index (χ4v) is 9.65. The first-order valence-corrected chi connectivity index (χ1v) is 15.7. The summed E-state index contributed by atoms with van der Waals surface area (Å²) >= 11 is 0. The number of carbonyl (C=O) groups excluding carboxylic acids is 2. The van der Waals surface area contributed by atoms with Crippen molar-refractivity contribution >= 4 is 17.4 Å². The molecule has 3 fully saturated rings. The summed E-state index contributed by atoms with van der Waals surface area (Å²) in [4.78, 5) is 24.5. The standard InChI is InChI=1S/C34H46N2O3/c1-23(38)35-36(18-4-3-5-19-36)27-12-8-24(9-13-27)31-22-34(2)26(7-6-20-37)11-17-32(34)30-15-10-25-21-28(39)14-16-29(25)33(30)31/h8-9,12-13,21,26,30-32,37H,3-7,10-11,14-20,22H2,1-2H3/p+1/t26-,30-,31+,32-,34+/m0/s1. The lowest BCUT2D eigenvalue weighted by molar-refractivity contribution is -0.123. The van der Waals surface area contributed by atoms with Gasteiger partial charge in [0.05, 0.1) is 0 Å². The van der Waals surface area contributed by atoms with Gasteiger partial charge in [-0.3, -0.25) is 9.59 Å². The average Bonchev–Trinajstić information content (AvgIpc) is 3.27. The van der Waals surface area contributed by atoms with E-state index in [0.717, 1.165) is 58.0 Å². The van der Waals surface area contributed by atoms with Gasteiger partial charge in [0.25, 0.3) is 5.91 Å². The number of aliphatic hydroxyl groups excluding tert-OH is 1. The SMILES string of the molecule is CC(=O)N[N+]1(c2ccc([C@H]3C[C@]4(C)[C@@H](CCCO)CC[C@H]4[C@@H]4CCC5=CC(=O)CCC5=C43)cc2)CCCCC1. The highest BCUT2D eigenvalue weighted by atomic mass is 16.3. The van der Waals surface area contributed by atoms with E-state index in [1.54, 1.807) is 12.5 Å². The molecule has 0 bridgehead atoms. The normalized spacial score (nSPS) is 33.6. The van der Waals surface area contributed by atoms with Crippen molar-refractivity contribution in [2.45, 2.75) is 96.8 Å². The summed E-state index contributed by atoms with van der Waals surface area (Å²) in [6.07, 6.45) is 15.0. The van der Waals surface area contributed by atoms with Gasteiger partial charge in [-0.1, -0.05) is 24.6 Å². The van der Waals surface area contributed by atoms with Gasteiger partial charge in [-0.2, -0.15) is 10.0 Å². The maximum Gasteiger partial charge on any atom is 0.262 e. The Bertz CT molecular complexity index is 1180. The monoisotopic (exact) mass is 531 g/mol. The van der Waals surface area contributed by atoms with Gasteiger partial charge in [-0.05, 0) is 117 Å². The van der Waals surface area contributed by atoms with Crippen LogP contribution in [0.5, 0.6) is 0 Å². The van der Waals surface area contributed by atoms with Crippen molar-refractivity contribution in [2.24, 2.45) is 23.2 Å². The van der Waals surface area contributed by atoms with Crippen LogP contribution in [-0.2, 0) is 9.59 Å². The lowest BCUT2D eigenvalue weighted by Gasteiger charge is -2.53. The predicted molar refractivity (Wildman–Crippen MR) is 156 cm³/mol. The van der Waals surface area contributed by atoms with Gasteiger partial charge in [-0.25, -0.2) is 0 Å². The summed E-state index contributed by atoms with van der Waals surface area (Å²) in [6, 6.07) is 9.28. The molecule has 5 nitrogen and oxygen atoms in total. The Labute approximate surface area is 234 Å². The van der Waals surface area contributed by atoms with Crippen LogP contribution in [0.2, 0.25) is 0 Å². The first kappa shape index (κ1) is 27.0. The number of ketones is 1. The number of hydrogen-bond acceptors (Lipinski definition) is 3. The van der Waals surface area contributed by atoms with Crippen molar-refractivity contribution < 1.29 is 14.7 Å². The zero-order valence-electron chi connectivity index (χ0n) is 24.0. The van der Waals surface area contributed by atoms with E-state index >= 15 is 0 Å². The molecule has 5 heteroatoms. The molecule has 2 N–H and O–H groups in total. The number of carbonyl (C=O) groups is 2. The summed E-state index contributed by atoms with van der Waals surface area (Å²) in [5.41, 5.74) is 10.7. The second-order valence-corrected chi connectivity index (χ2v) is 13.5. The molecule has 1 saturated heterocycles. The number of piperidine rings is 1. The minimum Gasteiger partial charge on any atom is -0.396 e. The molecule has 0 radical (unpaired) electrons. The molecule has 2 saturated carbocycles. The first-order valence-electron chi connectivity index (χ1n) is 15.7. The summed E-state index contributed by atoms with van der Waals surface area (Å²) in [7, 11) is 0. The second-order valence-electron chi connectivity index (χ2n) is 13.5. The fourth-order valence-electron chi connectivity index (χ4n) is 9.65. The van der Waals surface area contributed by atoms with Crippen LogP contribution in [0.25, 0.3) is 0 Å². The molecule has 1 aromatic carbocycles. The number of nitrogens with one attached hydrogen (secondary N) is 1. The largest absolute Gasteiger partial charge is 0.396 e. The Kier molecular flexibility index (Phi) is 7.35. The molecule has 1 aliphatic heterocycles. The van der Waals surface area contributed by atoms with Gasteiger partial charge < -0.3 is 5.11 Å². The molecule has 39 heavy (non-hydrogen) atoms. The molecule has 210 valence electrons. The van der Waals surface area contributed by atoms with Crippen molar-refractivity contribution in [3.05, 3.63) is 52.6 Å². The van der Waals surface area contributed by atoms with Crippen molar-refractivity contribution in [3.63, 3.8) is 0 Å². The van der Waals surface area contributed by atoms with Crippen LogP contribution >= 0.6 is 0 Å². The maximum atomic E-state index is 12.3. The lowest BCUT2D eigenvalue weighted by atomic mass is 9.51. The molecule has 1 aromatic rings. The lowest BCUT2D eigenvalue weighted by Crippen LogP contribution is -2.63. The van der Waals surface area contributed by atoms with E-state index in [-0.39, 0.29) is 17.9 Å². The number of nitrogens with zero attached hydrogens (tertiary/aromatic N) is 1. The smallest absolute Gasteiger partial charge is 0.262 e. The second kappa shape index (κ2) is 10.6. The Morgan fingerprint density at radius 2 is 1.82 bits per heavy atom. The van der Waals surface area contributed by atoms with E-state index in [9.17, 15) is 14.7 Å². The summed E-state index contributed by atoms with van der Waals surface area (Å²) in [5, 5.41) is 9.61. The Hall–Kier alpha value is -2.24. The van der Waals surface area contributed by atoms with Crippen LogP contribution < -0.4 is 10.0 Å². The van der Waals surface area contributed by atoms with E-state index < -0.39 is 0 Å². The highest BCUT2D eigenvalue weighted by molar-refractivity contribution is 5.93. The highest BCUT2D eigenvalue weighted by Gasteiger charge is 2.56. The van der Waals surface area contributed by atoms with Crippen LogP contribution in [-0.4, -0.2) is 36.5 Å². The third-order valence-electron chi connectivity index (χ3n) is 11.4. The van der Waals surface area contributed by atoms with Crippen molar-refractivity contribution in [2.75, 3.05) is 19.7 Å². The van der Waals surface area contributed by atoms with Crippen LogP contribution in [0.4, 0.5) is 5.69 Å². The molecular formula is C34H47N2O3+. The topological polar surface area (TPSA) is 66.4 Å². The number of hydrogen-bond donors (Lipinski definition) is 2. The minimum absolute atomic E-state index is 0.0329. The Morgan fingerprint density at radius 1 is 1.05 bits per heavy atom. The Balaban J connectivity index is 1.40. The zero-order valence-corrected chi connectivity index (χ0v) is 24.0. The fraction of sp³-hybridized carbons (Fsp3) is 0.647. The van der Waals surface area contributed by atoms with Gasteiger partial charge in [0.15, 0.2) is 11.5 Å². The number of quaternary nitrogens is 1. The third-order valence-corrected chi connectivity index (χ3v) is 11.4. The van der Waals surface area contributed by atoms with Crippen LogP contribution in [0, 0.1) is 23.2 Å². The Morgan fingerprint density at radius 3 is 2.54 bits per heavy atom. The van der Waals surface area contributed by atoms with Crippen molar-refractivity contribution in [1.29, 1.82) is 0 Å². The number of amides is 1. The molecule has 5 aliphatic rings. The molecule has 1 amide bonds. The van der Waals surface area contributed by atoms with Gasteiger partial charge in [0.2, 0.25) is 0 Å². The molecule has 4 aliphatic carbocycles. The number of benzene rings is 1. The maximum absolute atomic E-state index is 12.3. The summed E-state index contributed by atoms with van der Waals surface area (Å²) in [6.45, 7) is 6.39. The van der Waals surface area contributed by atoms with Crippen LogP contribution in [0.15, 0.2) is 47.1 Å². The van der Waals surface area contributed by atoms with E-state index in [2.05, 4.69) is 36.6 Å². The van der Waals surface area contributed by atoms with Crippen molar-refractivity contribution in [1.82, 2.24) is 10.0 Å². The quantitative estimate of drug-likeness (QED) is 0.411. The highest BCUT2D eigenvalue weighted by Crippen LogP contribution is 2.66.